The van der Waals surface area contributed by atoms with Gasteiger partial charge in [-0.05, 0) is 241 Å². The van der Waals surface area contributed by atoms with Gasteiger partial charge in [0.25, 0.3) is 10.1 Å². The summed E-state index contributed by atoms with van der Waals surface area (Å²) < 4.78 is 26.6. The van der Waals surface area contributed by atoms with E-state index in [4.69, 9.17) is 10.1 Å². The van der Waals surface area contributed by atoms with Crippen LogP contribution in [-0.4, -0.2) is 148 Å². The number of hydrogen-bond donors (Lipinski definition) is 3. The smallest absolute Gasteiger partial charge is 0.388 e. The molecule has 3 aliphatic rings. The second-order valence-corrected chi connectivity index (χ2v) is 28.8. The molecule has 0 fully saturated rings. The van der Waals surface area contributed by atoms with E-state index in [1.54, 1.807) is 210 Å². The van der Waals surface area contributed by atoms with Crippen LogP contribution in [0.25, 0.3) is 0 Å². The number of aromatic nitrogens is 7. The molecule has 44 nitrogen and oxygen atoms in total. The molecular weight excluding hydrogens is 1680 g/mol. The lowest BCUT2D eigenvalue weighted by molar-refractivity contribution is -0.875. The molecule has 7 heterocycles. The summed E-state index contributed by atoms with van der Waals surface area (Å²) in [6.45, 7) is 10.7. The van der Waals surface area contributed by atoms with Crippen molar-refractivity contribution in [3.05, 3.63) is 346 Å². The predicted molar refractivity (Wildman–Crippen MR) is 466 cm³/mol. The van der Waals surface area contributed by atoms with Gasteiger partial charge in [-0.1, -0.05) is 18.2 Å². The van der Waals surface area contributed by atoms with Gasteiger partial charge in [0.15, 0.2) is 45.6 Å². The van der Waals surface area contributed by atoms with Gasteiger partial charge >= 0.3 is 34.5 Å². The van der Waals surface area contributed by atoms with Gasteiger partial charge in [0.05, 0.1) is 65.4 Å². The standard InChI is InChI=1S/C14H16N5O3.C14H10N4O2.2C14H15N3O2.2C13H13N5O3.CH4O4S/c1-17(2)11-7-8-12(13(10-11)19(20)21)15-16-14-6-4-5-9-18(14)22-3;19-12-7-6-11(10-4-3-8-15-14(10)12)16-17-13-5-1-2-9-18(13)20;1-9-4-5-17(19)14(6-9)16-15-12-7-11(3)13(18)8-10(12)2;1-9-8-13(18)10(2)7-12(9)15-16-14-6-4-5-11(3)17(14)19;1-16(2)11-5-3-10(4-6-11)14-15-13-8-7-12(18(20)21)9-17(13)19;1-16(2)10-6-7-11(12(9-10)18(20)21)14-15-13-5-3-4-8-17(13)19;1-6(3,4)5-2/h4-10H,1-3H3;1-9,20H;2*4-8,19H,1-3H3;2*3-9H,1-2H3;2H,1H3/q+1;;;;;;/p-1. The van der Waals surface area contributed by atoms with Crippen LogP contribution in [0, 0.1) is 54.6 Å². The SMILES string of the molecule is CC1=CC(=NN=c2cc(C)ccn2O)C(C)=CC1=O.CC1=CC(=NN=c2cccc(C)n2O)C(C)=CC1=O.CN(C)c1ccc(N=Nc2ccc([N+](=O)[O-])c[n+]2[O-])cc1.CN(C)c1ccc(N=Nc2cccc[n+]2[O-])c([N+](=O)[O-])c1.CO[n+]1ccccc1N=Nc1ccc(N(C)C)cc1[N+](=O)[O-].CS(=O)(=O)O[O-].O=C1C=CC(=NN=c2ccccn2O)c2cccnc21. The van der Waals surface area contributed by atoms with E-state index >= 15 is 0 Å². The number of nitrogens with zero attached hydrogens (tertiary/aromatic N) is 25. The number of allylic oxidation sites excluding steroid dienone is 10. The summed E-state index contributed by atoms with van der Waals surface area (Å²) >= 11 is 0. The van der Waals surface area contributed by atoms with Gasteiger partial charge < -0.3 is 55.2 Å². The lowest BCUT2D eigenvalue weighted by atomic mass is 9.99. The summed E-state index contributed by atoms with van der Waals surface area (Å²) in [5.74, 6) is 0.293. The van der Waals surface area contributed by atoms with Gasteiger partial charge in [0.2, 0.25) is 5.78 Å². The summed E-state index contributed by atoms with van der Waals surface area (Å²) in [7, 11) is 8.81. The minimum atomic E-state index is -3.72. The number of anilines is 3. The Hall–Kier alpha value is -17.1. The van der Waals surface area contributed by atoms with Crippen molar-refractivity contribution in [3.63, 3.8) is 0 Å². The first-order chi connectivity index (χ1) is 60.7. The van der Waals surface area contributed by atoms with Crippen molar-refractivity contribution in [2.24, 2.45) is 61.3 Å². The number of carbonyl (C=O) groups is 3. The zero-order chi connectivity index (χ0) is 94.1. The fourth-order valence-corrected chi connectivity index (χ4v) is 10.1. The number of aryl methyl sites for hydroxylation is 2. The fraction of sp³-hybridized carbons (Fsp3) is 0.169. The van der Waals surface area contributed by atoms with Crippen molar-refractivity contribution in [2.75, 3.05) is 70.4 Å². The zero-order valence-corrected chi connectivity index (χ0v) is 71.9. The Morgan fingerprint density at radius 1 is 0.469 bits per heavy atom. The van der Waals surface area contributed by atoms with E-state index < -0.39 is 24.9 Å². The van der Waals surface area contributed by atoms with E-state index in [0.29, 0.717) is 89.1 Å². The highest BCUT2D eigenvalue weighted by Gasteiger charge is 2.23. The molecule has 7 aromatic heterocycles. The number of nitro groups is 3. The molecule has 3 aromatic carbocycles. The lowest BCUT2D eigenvalue weighted by Crippen LogP contribution is -2.39. The Bertz CT molecular complexity index is 6460. The molecule has 0 bridgehead atoms. The summed E-state index contributed by atoms with van der Waals surface area (Å²) in [5, 5.41) is 141. The van der Waals surface area contributed by atoms with E-state index in [2.05, 4.69) is 70.6 Å². The summed E-state index contributed by atoms with van der Waals surface area (Å²) in [5.41, 5.74) is 10.8. The van der Waals surface area contributed by atoms with Crippen LogP contribution in [0.4, 0.5) is 68.6 Å². The van der Waals surface area contributed by atoms with Gasteiger partial charge in [-0.3, -0.25) is 49.7 Å². The van der Waals surface area contributed by atoms with Gasteiger partial charge in [-0.15, -0.1) is 30.6 Å². The molecular formula is C83H85N25O19S. The normalized spacial score (nSPS) is 14.0. The Morgan fingerprint density at radius 2 is 0.969 bits per heavy atom. The topological polar surface area (TPSA) is 560 Å². The van der Waals surface area contributed by atoms with E-state index in [1.807, 2.05) is 52.1 Å². The molecule has 0 aliphatic heterocycles. The number of benzene rings is 3. The van der Waals surface area contributed by atoms with Gasteiger partial charge in [-0.25, -0.2) is 17.9 Å². The first-order valence-corrected chi connectivity index (χ1v) is 39.1. The second kappa shape index (κ2) is 46.8. The first kappa shape index (κ1) is 98.0. The third kappa shape index (κ3) is 29.6. The zero-order valence-electron chi connectivity index (χ0n) is 71.1. The lowest BCUT2D eigenvalue weighted by Gasteiger charge is -2.11. The average molecular weight is 1770 g/mol. The highest BCUT2D eigenvalue weighted by atomic mass is 32.2. The predicted octanol–water partition coefficient (Wildman–Crippen LogP) is 10.8. The Labute approximate surface area is 729 Å². The third-order valence-corrected chi connectivity index (χ3v) is 17.3. The van der Waals surface area contributed by atoms with Crippen LogP contribution in [0.15, 0.2) is 327 Å². The molecule has 13 rings (SSSR count). The minimum absolute atomic E-state index is 0.00997. The van der Waals surface area contributed by atoms with Crippen LogP contribution in [0.1, 0.15) is 55.0 Å². The van der Waals surface area contributed by atoms with Crippen molar-refractivity contribution < 1.29 is 81.8 Å². The number of pyridine rings is 7. The summed E-state index contributed by atoms with van der Waals surface area (Å²) in [6, 6.07) is 46.2. The maximum atomic E-state index is 11.7. The summed E-state index contributed by atoms with van der Waals surface area (Å²) in [4.78, 5) is 80.3. The molecule has 0 saturated heterocycles. The van der Waals surface area contributed by atoms with Crippen molar-refractivity contribution in [1.82, 2.24) is 19.2 Å². The third-order valence-electron chi connectivity index (χ3n) is 17.0. The second-order valence-electron chi connectivity index (χ2n) is 27.3. The summed E-state index contributed by atoms with van der Waals surface area (Å²) in [6.07, 6.45) is 18.4. The van der Waals surface area contributed by atoms with E-state index in [1.165, 1.54) is 85.1 Å². The Balaban J connectivity index is 0.000000208. The van der Waals surface area contributed by atoms with Crippen LogP contribution in [-0.2, 0) is 24.0 Å². The number of nitro benzene ring substituents is 2. The molecule has 0 saturated carbocycles. The van der Waals surface area contributed by atoms with E-state index in [-0.39, 0.29) is 62.9 Å². The van der Waals surface area contributed by atoms with Crippen LogP contribution in [0.2, 0.25) is 0 Å². The van der Waals surface area contributed by atoms with Gasteiger partial charge in [0, 0.05) is 120 Å². The molecule has 0 atom stereocenters. The van der Waals surface area contributed by atoms with Crippen molar-refractivity contribution in [1.29, 1.82) is 0 Å². The Kier molecular flexibility index (Phi) is 35.8. The maximum absolute atomic E-state index is 11.7. The largest absolute Gasteiger partial charge is 0.710 e. The van der Waals surface area contributed by atoms with Crippen LogP contribution in [0.3, 0.4) is 0 Å². The number of fused-ring (bicyclic) bond motifs is 1. The van der Waals surface area contributed by atoms with Crippen LogP contribution in [0.5, 0.6) is 0 Å². The van der Waals surface area contributed by atoms with Crippen LogP contribution >= 0.6 is 0 Å². The molecule has 3 N–H and O–H groups in total. The molecule has 128 heavy (non-hydrogen) atoms. The van der Waals surface area contributed by atoms with Crippen molar-refractivity contribution in [3.8, 4) is 0 Å². The van der Waals surface area contributed by atoms with Gasteiger partial charge in [-0.2, -0.15) is 14.2 Å². The minimum Gasteiger partial charge on any atom is -0.710 e. The van der Waals surface area contributed by atoms with E-state index in [9.17, 15) is 79.2 Å². The van der Waals surface area contributed by atoms with Crippen molar-refractivity contribution in [2.45, 2.75) is 41.5 Å². The van der Waals surface area contributed by atoms with Crippen molar-refractivity contribution >= 4 is 113 Å². The van der Waals surface area contributed by atoms with Crippen LogP contribution < -0.4 is 55.4 Å². The highest BCUT2D eigenvalue weighted by Crippen LogP contribution is 2.34. The molecule has 662 valence electrons. The monoisotopic (exact) mass is 1770 g/mol. The molecule has 0 spiro atoms. The number of ketones is 3. The van der Waals surface area contributed by atoms with Gasteiger partial charge in [0.1, 0.15) is 24.7 Å². The molecule has 0 radical (unpaired) electrons. The molecule has 3 aliphatic carbocycles. The fourth-order valence-electron chi connectivity index (χ4n) is 10.1. The first-order valence-electron chi connectivity index (χ1n) is 37.3. The van der Waals surface area contributed by atoms with E-state index in [0.717, 1.165) is 48.5 Å². The average Bonchev–Trinajstić information content (AvgIpc) is 0.810. The number of hydrogen-bond acceptors (Lipinski definition) is 35. The Morgan fingerprint density at radius 3 is 1.50 bits per heavy atom. The molecule has 45 heteroatoms. The molecule has 0 amide bonds. The highest BCUT2D eigenvalue weighted by molar-refractivity contribution is 7.85. The number of carbonyl (C=O) groups excluding carboxylic acids is 3. The quantitative estimate of drug-likeness (QED) is 0.0111. The molecule has 0 unspecified atom stereocenters. The number of rotatable bonds is 17. The molecule has 10 aromatic rings. The number of azo groups is 3. The maximum Gasteiger partial charge on any atom is 0.388 e.